The van der Waals surface area contributed by atoms with Gasteiger partial charge in [0, 0.05) is 11.5 Å². The highest BCUT2D eigenvalue weighted by atomic mass is 16.5. The van der Waals surface area contributed by atoms with Gasteiger partial charge in [0.15, 0.2) is 0 Å². The number of hydrogen-bond acceptors (Lipinski definition) is 2. The summed E-state index contributed by atoms with van der Waals surface area (Å²) in [5.41, 5.74) is 0.141. The standard InChI is InChI=1S/C11H17NO2/c1-4-8-11(2,3)9-6-5-7-10(13)12(9)14/h5-7,14H,4,8H2,1-3H3. The zero-order chi connectivity index (χ0) is 10.8. The van der Waals surface area contributed by atoms with E-state index in [0.717, 1.165) is 17.6 Å². The van der Waals surface area contributed by atoms with Crippen LogP contribution in [0.5, 0.6) is 0 Å². The number of aromatic nitrogens is 1. The van der Waals surface area contributed by atoms with Crippen LogP contribution in [0.25, 0.3) is 0 Å². The Morgan fingerprint density at radius 3 is 2.64 bits per heavy atom. The largest absolute Gasteiger partial charge is 0.425 e. The van der Waals surface area contributed by atoms with Crippen LogP contribution in [0.2, 0.25) is 0 Å². The molecular formula is C11H17NO2. The Balaban J connectivity index is 3.18. The van der Waals surface area contributed by atoms with Gasteiger partial charge in [-0.2, -0.15) is 4.73 Å². The van der Waals surface area contributed by atoms with Crippen molar-refractivity contribution in [1.29, 1.82) is 0 Å². The minimum Gasteiger partial charge on any atom is -0.425 e. The Labute approximate surface area is 84.0 Å². The Morgan fingerprint density at radius 2 is 2.07 bits per heavy atom. The molecule has 3 heteroatoms. The minimum atomic E-state index is -0.369. The smallest absolute Gasteiger partial charge is 0.283 e. The first kappa shape index (κ1) is 10.8. The molecule has 0 amide bonds. The van der Waals surface area contributed by atoms with Crippen molar-refractivity contribution in [1.82, 2.24) is 4.73 Å². The van der Waals surface area contributed by atoms with Gasteiger partial charge in [-0.05, 0) is 12.5 Å². The van der Waals surface area contributed by atoms with Gasteiger partial charge in [-0.3, -0.25) is 4.79 Å². The van der Waals surface area contributed by atoms with E-state index in [4.69, 9.17) is 0 Å². The first-order chi connectivity index (χ1) is 6.49. The molecule has 1 aromatic rings. The van der Waals surface area contributed by atoms with E-state index in [1.165, 1.54) is 6.07 Å². The van der Waals surface area contributed by atoms with Crippen LogP contribution in [0.1, 0.15) is 39.3 Å². The van der Waals surface area contributed by atoms with Gasteiger partial charge in [-0.25, -0.2) is 0 Å². The zero-order valence-corrected chi connectivity index (χ0v) is 8.95. The molecule has 0 aliphatic rings. The molecule has 1 aromatic heterocycles. The van der Waals surface area contributed by atoms with Crippen LogP contribution >= 0.6 is 0 Å². The van der Waals surface area contributed by atoms with Gasteiger partial charge in [0.2, 0.25) is 0 Å². The molecule has 78 valence electrons. The number of rotatable bonds is 3. The first-order valence-corrected chi connectivity index (χ1v) is 4.91. The van der Waals surface area contributed by atoms with E-state index in [1.54, 1.807) is 12.1 Å². The van der Waals surface area contributed by atoms with Gasteiger partial charge in [-0.1, -0.05) is 33.3 Å². The van der Waals surface area contributed by atoms with Crippen molar-refractivity contribution in [2.45, 2.75) is 39.0 Å². The topological polar surface area (TPSA) is 42.2 Å². The van der Waals surface area contributed by atoms with Crippen molar-refractivity contribution >= 4 is 0 Å². The molecular weight excluding hydrogens is 178 g/mol. The van der Waals surface area contributed by atoms with E-state index < -0.39 is 0 Å². The number of hydrogen-bond donors (Lipinski definition) is 1. The maximum Gasteiger partial charge on any atom is 0.283 e. The summed E-state index contributed by atoms with van der Waals surface area (Å²) >= 11 is 0. The summed E-state index contributed by atoms with van der Waals surface area (Å²) in [5.74, 6) is 0. The van der Waals surface area contributed by atoms with E-state index in [9.17, 15) is 10.0 Å². The summed E-state index contributed by atoms with van der Waals surface area (Å²) in [7, 11) is 0. The summed E-state index contributed by atoms with van der Waals surface area (Å²) in [5, 5.41) is 9.56. The molecule has 0 saturated carbocycles. The Morgan fingerprint density at radius 1 is 1.43 bits per heavy atom. The molecule has 0 aliphatic heterocycles. The molecule has 0 spiro atoms. The Hall–Kier alpha value is -1.25. The summed E-state index contributed by atoms with van der Waals surface area (Å²) in [4.78, 5) is 11.2. The van der Waals surface area contributed by atoms with Gasteiger partial charge in [0.05, 0.1) is 5.69 Å². The van der Waals surface area contributed by atoms with Crippen molar-refractivity contribution in [2.24, 2.45) is 0 Å². The lowest BCUT2D eigenvalue weighted by molar-refractivity contribution is 0.150. The van der Waals surface area contributed by atoms with Gasteiger partial charge in [-0.15, -0.1) is 0 Å². The van der Waals surface area contributed by atoms with Crippen LogP contribution in [-0.2, 0) is 5.41 Å². The quantitative estimate of drug-likeness (QED) is 0.751. The van der Waals surface area contributed by atoms with Crippen LogP contribution in [0.3, 0.4) is 0 Å². The average molecular weight is 195 g/mol. The maximum atomic E-state index is 11.2. The molecule has 3 nitrogen and oxygen atoms in total. The summed E-state index contributed by atoms with van der Waals surface area (Å²) in [6.07, 6.45) is 1.97. The van der Waals surface area contributed by atoms with E-state index in [2.05, 4.69) is 6.92 Å². The summed E-state index contributed by atoms with van der Waals surface area (Å²) in [6.45, 7) is 6.14. The fourth-order valence-corrected chi connectivity index (χ4v) is 1.75. The second-order valence-electron chi connectivity index (χ2n) is 4.19. The summed E-state index contributed by atoms with van der Waals surface area (Å²) < 4.78 is 0.746. The van der Waals surface area contributed by atoms with Crippen molar-refractivity contribution in [3.05, 3.63) is 34.2 Å². The molecule has 0 atom stereocenters. The van der Waals surface area contributed by atoms with Gasteiger partial charge >= 0.3 is 0 Å². The highest BCUT2D eigenvalue weighted by Gasteiger charge is 2.23. The molecule has 14 heavy (non-hydrogen) atoms. The van der Waals surface area contributed by atoms with E-state index in [-0.39, 0.29) is 11.0 Å². The minimum absolute atomic E-state index is 0.163. The second kappa shape index (κ2) is 3.86. The van der Waals surface area contributed by atoms with Crippen molar-refractivity contribution in [3.63, 3.8) is 0 Å². The third-order valence-corrected chi connectivity index (χ3v) is 2.50. The normalized spacial score (nSPS) is 11.6. The maximum absolute atomic E-state index is 11.2. The molecule has 0 aliphatic carbocycles. The van der Waals surface area contributed by atoms with E-state index in [0.29, 0.717) is 5.69 Å². The van der Waals surface area contributed by atoms with Gasteiger partial charge in [0.25, 0.3) is 5.56 Å². The summed E-state index contributed by atoms with van der Waals surface area (Å²) in [6, 6.07) is 4.82. The third kappa shape index (κ3) is 1.97. The van der Waals surface area contributed by atoms with E-state index >= 15 is 0 Å². The third-order valence-electron chi connectivity index (χ3n) is 2.50. The molecule has 1 rings (SSSR count). The van der Waals surface area contributed by atoms with Crippen molar-refractivity contribution in [3.8, 4) is 0 Å². The lowest BCUT2D eigenvalue weighted by atomic mass is 9.84. The second-order valence-corrected chi connectivity index (χ2v) is 4.19. The van der Waals surface area contributed by atoms with Crippen LogP contribution in [0.15, 0.2) is 23.0 Å². The number of pyridine rings is 1. The molecule has 0 unspecified atom stereocenters. The van der Waals surface area contributed by atoms with Crippen molar-refractivity contribution < 1.29 is 5.21 Å². The molecule has 0 bridgehead atoms. The monoisotopic (exact) mass is 195 g/mol. The van der Waals surface area contributed by atoms with Crippen LogP contribution < -0.4 is 5.56 Å². The highest BCUT2D eigenvalue weighted by molar-refractivity contribution is 5.15. The van der Waals surface area contributed by atoms with Crippen molar-refractivity contribution in [2.75, 3.05) is 0 Å². The SMILES string of the molecule is CCCC(C)(C)c1cccc(=O)n1O. The zero-order valence-electron chi connectivity index (χ0n) is 8.95. The predicted octanol–water partition coefficient (Wildman–Crippen LogP) is 2.16. The Bertz CT molecular complexity index is 366. The van der Waals surface area contributed by atoms with Crippen LogP contribution in [0.4, 0.5) is 0 Å². The average Bonchev–Trinajstić information content (AvgIpc) is 2.09. The molecule has 0 saturated heterocycles. The molecule has 1 heterocycles. The molecule has 0 aromatic carbocycles. The predicted molar refractivity (Wildman–Crippen MR) is 55.8 cm³/mol. The number of nitrogens with zero attached hydrogens (tertiary/aromatic N) is 1. The fraction of sp³-hybridized carbons (Fsp3) is 0.545. The lowest BCUT2D eigenvalue weighted by Gasteiger charge is -2.25. The Kier molecular flexibility index (Phi) is 2.99. The van der Waals surface area contributed by atoms with E-state index in [1.807, 2.05) is 13.8 Å². The molecule has 1 N–H and O–H groups in total. The lowest BCUT2D eigenvalue weighted by Crippen LogP contribution is -2.29. The fourth-order valence-electron chi connectivity index (χ4n) is 1.75. The van der Waals surface area contributed by atoms with Gasteiger partial charge in [0.1, 0.15) is 0 Å². The highest BCUT2D eigenvalue weighted by Crippen LogP contribution is 2.26. The van der Waals surface area contributed by atoms with Gasteiger partial charge < -0.3 is 5.21 Å². The first-order valence-electron chi connectivity index (χ1n) is 4.91. The molecule has 0 fully saturated rings. The molecule has 0 radical (unpaired) electrons. The van der Waals surface area contributed by atoms with Crippen LogP contribution in [0, 0.1) is 0 Å². The van der Waals surface area contributed by atoms with Crippen LogP contribution in [-0.4, -0.2) is 9.94 Å².